The summed E-state index contributed by atoms with van der Waals surface area (Å²) in [6.07, 6.45) is -3.91. The Kier molecular flexibility index (Phi) is 11.4. The molecule has 2 atom stereocenters. The van der Waals surface area contributed by atoms with Crippen LogP contribution < -0.4 is 20.3 Å². The van der Waals surface area contributed by atoms with Crippen LogP contribution >= 0.6 is 22.4 Å². The molecule has 1 saturated heterocycles. The zero-order chi connectivity index (χ0) is 31.9. The first-order valence-corrected chi connectivity index (χ1v) is 16.4. The van der Waals surface area contributed by atoms with E-state index >= 15 is 0 Å². The summed E-state index contributed by atoms with van der Waals surface area (Å²) in [6, 6.07) is 17.2. The van der Waals surface area contributed by atoms with Gasteiger partial charge in [0.2, 0.25) is 0 Å². The largest absolute Gasteiger partial charge is 0.417 e. The molecular weight excluding hydrogens is 617 g/mol. The van der Waals surface area contributed by atoms with Gasteiger partial charge in [-0.25, -0.2) is 0 Å². The number of amides is 1. The van der Waals surface area contributed by atoms with Gasteiger partial charge in [-0.3, -0.25) is 18.2 Å². The van der Waals surface area contributed by atoms with E-state index in [9.17, 15) is 32.2 Å². The number of anilines is 2. The van der Waals surface area contributed by atoms with Gasteiger partial charge in [0.15, 0.2) is 0 Å². The molecule has 0 radical (unpaired) electrons. The van der Waals surface area contributed by atoms with Gasteiger partial charge in [0.1, 0.15) is 0 Å². The van der Waals surface area contributed by atoms with Gasteiger partial charge in [-0.05, 0) is 67.6 Å². The Hall–Kier alpha value is -3.00. The lowest BCUT2D eigenvalue weighted by Crippen LogP contribution is -2.48. The molecule has 2 unspecified atom stereocenters. The molecule has 13 heteroatoms. The van der Waals surface area contributed by atoms with Crippen LogP contribution in [0.15, 0.2) is 66.7 Å². The van der Waals surface area contributed by atoms with Gasteiger partial charge in [-0.15, -0.1) is 10.8 Å². The Balaban J connectivity index is 1.52. The van der Waals surface area contributed by atoms with Gasteiger partial charge in [0.25, 0.3) is 5.91 Å². The third-order valence-corrected chi connectivity index (χ3v) is 9.59. The third-order valence-electron chi connectivity index (χ3n) is 7.33. The molecule has 1 fully saturated rings. The van der Waals surface area contributed by atoms with Gasteiger partial charge in [-0.2, -0.15) is 13.2 Å². The molecule has 3 aromatic rings. The number of alkyl halides is 3. The molecule has 1 amide bonds. The van der Waals surface area contributed by atoms with E-state index in [1.807, 2.05) is 37.3 Å². The average molecular weight is 655 g/mol. The Morgan fingerprint density at radius 1 is 1.05 bits per heavy atom. The summed E-state index contributed by atoms with van der Waals surface area (Å²) < 4.78 is 62.8. The van der Waals surface area contributed by atoms with Gasteiger partial charge in [0.05, 0.1) is 34.2 Å². The molecule has 1 heterocycles. The molecule has 44 heavy (non-hydrogen) atoms. The quantitative estimate of drug-likeness (QED) is 0.131. The summed E-state index contributed by atoms with van der Waals surface area (Å²) in [5.74, 6) is -0.210. The van der Waals surface area contributed by atoms with E-state index in [-0.39, 0.29) is 24.4 Å². The molecule has 4 rings (SSSR count). The lowest BCUT2D eigenvalue weighted by atomic mass is 10.00. The number of halogens is 4. The van der Waals surface area contributed by atoms with Crippen molar-refractivity contribution in [2.24, 2.45) is 0 Å². The smallest absolute Gasteiger partial charge is 0.390 e. The lowest BCUT2D eigenvalue weighted by Gasteiger charge is -2.47. The summed E-state index contributed by atoms with van der Waals surface area (Å²) in [6.45, 7) is 2.96. The summed E-state index contributed by atoms with van der Waals surface area (Å²) in [5, 5.41) is 19.9. The minimum Gasteiger partial charge on any atom is -0.390 e. The molecule has 0 saturated carbocycles. The highest BCUT2D eigenvalue weighted by atomic mass is 35.5. The predicted octanol–water partition coefficient (Wildman–Crippen LogP) is 6.55. The van der Waals surface area contributed by atoms with Crippen molar-refractivity contribution >= 4 is 39.7 Å². The Bertz CT molecular complexity index is 1410. The summed E-state index contributed by atoms with van der Waals surface area (Å²) >= 11 is 5.73. The number of aliphatic hydroxyl groups is 1. The fraction of sp³-hybridized carbons (Fsp3) is 0.387. The fourth-order valence-corrected chi connectivity index (χ4v) is 7.01. The zero-order valence-electron chi connectivity index (χ0n) is 24.3. The highest BCUT2D eigenvalue weighted by Gasteiger charge is 2.33. The minimum absolute atomic E-state index is 0.0148. The van der Waals surface area contributed by atoms with Crippen molar-refractivity contribution in [3.8, 4) is 0 Å². The zero-order valence-corrected chi connectivity index (χ0v) is 25.9. The SMILES string of the molecule is CCNc1cc(C(=O)NC(Cc2ccccc2)C(O)CNCc2ccc(Cl)c(C(F)(F)F)c2)cc(N2CCCCS2(O)O)c1. The number of rotatable bonds is 12. The third kappa shape index (κ3) is 9.02. The molecule has 0 aliphatic carbocycles. The van der Waals surface area contributed by atoms with Gasteiger partial charge in [0, 0.05) is 37.4 Å². The molecule has 0 aromatic heterocycles. The maximum absolute atomic E-state index is 13.6. The topological polar surface area (TPSA) is 117 Å². The Morgan fingerprint density at radius 3 is 2.48 bits per heavy atom. The summed E-state index contributed by atoms with van der Waals surface area (Å²) in [7, 11) is -3.02. The first kappa shape index (κ1) is 33.9. The van der Waals surface area contributed by atoms with E-state index in [1.54, 1.807) is 22.5 Å². The van der Waals surface area contributed by atoms with Crippen LogP contribution in [0.5, 0.6) is 0 Å². The van der Waals surface area contributed by atoms with E-state index in [0.29, 0.717) is 42.9 Å². The van der Waals surface area contributed by atoms with E-state index in [2.05, 4.69) is 16.0 Å². The van der Waals surface area contributed by atoms with Crippen molar-refractivity contribution in [2.45, 2.75) is 51.1 Å². The molecule has 0 spiro atoms. The molecule has 3 aromatic carbocycles. The maximum Gasteiger partial charge on any atom is 0.417 e. The number of carbonyl (C=O) groups is 1. The van der Waals surface area contributed by atoms with Crippen molar-refractivity contribution in [3.05, 3.63) is 94.0 Å². The first-order valence-electron chi connectivity index (χ1n) is 14.4. The standard InChI is InChI=1S/C31H38ClF3N4O4S/c1-2-37-24-16-23(17-25(18-24)39-12-6-7-13-44(39,42)43)30(41)38-28(15-21-8-4-3-5-9-21)29(40)20-36-19-22-10-11-27(32)26(14-22)31(33,34)35/h3-5,8-11,14,16-18,28-29,36-37,40,42-43H,2,6-7,12-13,15,19-20H2,1H3,(H,38,41). The lowest BCUT2D eigenvalue weighted by molar-refractivity contribution is -0.137. The first-order chi connectivity index (χ1) is 20.9. The molecule has 8 nitrogen and oxygen atoms in total. The Morgan fingerprint density at radius 2 is 1.80 bits per heavy atom. The van der Waals surface area contributed by atoms with Crippen molar-refractivity contribution < 1.29 is 32.2 Å². The van der Waals surface area contributed by atoms with Crippen molar-refractivity contribution in [2.75, 3.05) is 35.0 Å². The number of hydrogen-bond donors (Lipinski definition) is 6. The molecule has 1 aliphatic rings. The molecule has 240 valence electrons. The van der Waals surface area contributed by atoms with Crippen molar-refractivity contribution in [1.82, 2.24) is 10.6 Å². The van der Waals surface area contributed by atoms with Crippen LogP contribution in [-0.4, -0.2) is 57.7 Å². The summed E-state index contributed by atoms with van der Waals surface area (Å²) in [4.78, 5) is 13.6. The van der Waals surface area contributed by atoms with Crippen LogP contribution in [0.2, 0.25) is 5.02 Å². The van der Waals surface area contributed by atoms with Crippen molar-refractivity contribution in [3.63, 3.8) is 0 Å². The van der Waals surface area contributed by atoms with E-state index in [4.69, 9.17) is 11.6 Å². The number of hydrogen-bond acceptors (Lipinski definition) is 7. The summed E-state index contributed by atoms with van der Waals surface area (Å²) in [5.41, 5.74) is 1.70. The van der Waals surface area contributed by atoms with Crippen LogP contribution in [0.4, 0.5) is 24.5 Å². The molecule has 1 aliphatic heterocycles. The van der Waals surface area contributed by atoms with E-state index in [0.717, 1.165) is 18.1 Å². The number of aliphatic hydroxyl groups excluding tert-OH is 1. The number of benzene rings is 3. The number of nitrogens with zero attached hydrogens (tertiary/aromatic N) is 1. The molecular formula is C31H38ClF3N4O4S. The maximum atomic E-state index is 13.6. The van der Waals surface area contributed by atoms with Crippen LogP contribution in [0.3, 0.4) is 0 Å². The highest BCUT2D eigenvalue weighted by molar-refractivity contribution is 8.25. The fourth-order valence-electron chi connectivity index (χ4n) is 5.11. The number of carbonyl (C=O) groups excluding carboxylic acids is 1. The highest BCUT2D eigenvalue weighted by Crippen LogP contribution is 2.50. The van der Waals surface area contributed by atoms with Gasteiger partial charge >= 0.3 is 6.18 Å². The van der Waals surface area contributed by atoms with Crippen LogP contribution in [0, 0.1) is 0 Å². The number of nitrogens with one attached hydrogen (secondary N) is 3. The average Bonchev–Trinajstić information content (AvgIpc) is 2.97. The van der Waals surface area contributed by atoms with Crippen LogP contribution in [0.25, 0.3) is 0 Å². The monoisotopic (exact) mass is 654 g/mol. The minimum atomic E-state index is -4.59. The predicted molar refractivity (Wildman–Crippen MR) is 170 cm³/mol. The second-order valence-corrected chi connectivity index (χ2v) is 13.2. The van der Waals surface area contributed by atoms with Gasteiger partial charge < -0.3 is 21.1 Å². The van der Waals surface area contributed by atoms with Crippen LogP contribution in [0.1, 0.15) is 46.8 Å². The van der Waals surface area contributed by atoms with E-state index in [1.165, 1.54) is 12.1 Å². The second-order valence-electron chi connectivity index (χ2n) is 10.7. The normalized spacial score (nSPS) is 17.0. The van der Waals surface area contributed by atoms with E-state index < -0.39 is 45.6 Å². The Labute approximate surface area is 262 Å². The second kappa shape index (κ2) is 14.9. The van der Waals surface area contributed by atoms with Crippen molar-refractivity contribution in [1.29, 1.82) is 0 Å². The van der Waals surface area contributed by atoms with Gasteiger partial charge in [-0.1, -0.05) is 48.0 Å². The molecule has 0 bridgehead atoms. The molecule has 6 N–H and O–H groups in total. The van der Waals surface area contributed by atoms with Crippen LogP contribution in [-0.2, 0) is 19.1 Å².